The Balaban J connectivity index is 1.48. The van der Waals surface area contributed by atoms with Gasteiger partial charge in [0.1, 0.15) is 5.82 Å². The van der Waals surface area contributed by atoms with Crippen molar-refractivity contribution in [1.82, 2.24) is 35.2 Å². The molecule has 0 aliphatic rings. The number of fused-ring (bicyclic) bond motifs is 1. The lowest BCUT2D eigenvalue weighted by molar-refractivity contribution is 0.786. The van der Waals surface area contributed by atoms with Gasteiger partial charge < -0.3 is 4.57 Å². The van der Waals surface area contributed by atoms with Gasteiger partial charge in [0, 0.05) is 18.3 Å². The van der Waals surface area contributed by atoms with E-state index in [1.54, 1.807) is 6.20 Å². The summed E-state index contributed by atoms with van der Waals surface area (Å²) in [5, 5.41) is 14.3. The molecule has 7 nitrogen and oxygen atoms in total. The van der Waals surface area contributed by atoms with Crippen molar-refractivity contribution >= 4 is 11.2 Å². The van der Waals surface area contributed by atoms with E-state index in [0.29, 0.717) is 5.82 Å². The van der Waals surface area contributed by atoms with Crippen molar-refractivity contribution in [3.05, 3.63) is 78.2 Å². The van der Waals surface area contributed by atoms with Crippen molar-refractivity contribution in [2.24, 2.45) is 0 Å². The number of tetrazole rings is 1. The molecule has 5 aromatic rings. The van der Waals surface area contributed by atoms with Crippen LogP contribution < -0.4 is 0 Å². The average molecular weight is 367 g/mol. The highest BCUT2D eigenvalue weighted by Crippen LogP contribution is 2.30. The van der Waals surface area contributed by atoms with Crippen molar-refractivity contribution in [2.45, 2.75) is 13.5 Å². The standard InChI is InChI=1S/C21H17N7/c1-14-23-21-19(7-4-12-22-21)28(14)13-15-8-10-16(11-9-15)17-5-2-3-6-18(17)20-24-26-27-25-20/h2-12H,13H2,1H3,(H,24,25,26,27). The zero-order valence-electron chi connectivity index (χ0n) is 15.2. The Morgan fingerprint density at radius 3 is 2.54 bits per heavy atom. The van der Waals surface area contributed by atoms with Crippen molar-refractivity contribution in [3.8, 4) is 22.5 Å². The minimum absolute atomic E-state index is 0.660. The topological polar surface area (TPSA) is 85.2 Å². The van der Waals surface area contributed by atoms with Gasteiger partial charge in [0.25, 0.3) is 0 Å². The molecule has 0 spiro atoms. The molecule has 0 aliphatic heterocycles. The van der Waals surface area contributed by atoms with Crippen LogP contribution in [0.4, 0.5) is 0 Å². The largest absolute Gasteiger partial charge is 0.322 e. The highest BCUT2D eigenvalue weighted by atomic mass is 15.5. The summed E-state index contributed by atoms with van der Waals surface area (Å²) in [6, 6.07) is 20.6. The number of pyridine rings is 1. The Labute approximate surface area is 161 Å². The lowest BCUT2D eigenvalue weighted by Gasteiger charge is -2.10. The number of aromatic amines is 1. The normalized spacial score (nSPS) is 11.2. The first kappa shape index (κ1) is 16.3. The maximum Gasteiger partial charge on any atom is 0.180 e. The van der Waals surface area contributed by atoms with Gasteiger partial charge in [0.05, 0.1) is 5.52 Å². The number of hydrogen-bond acceptors (Lipinski definition) is 5. The zero-order chi connectivity index (χ0) is 18.9. The number of rotatable bonds is 4. The summed E-state index contributed by atoms with van der Waals surface area (Å²) < 4.78 is 2.19. The molecular weight excluding hydrogens is 350 g/mol. The molecule has 1 N–H and O–H groups in total. The molecule has 0 bridgehead atoms. The van der Waals surface area contributed by atoms with Gasteiger partial charge in [-0.3, -0.25) is 0 Å². The van der Waals surface area contributed by atoms with Gasteiger partial charge in [0.15, 0.2) is 11.5 Å². The lowest BCUT2D eigenvalue weighted by Crippen LogP contribution is -2.02. The first-order valence-corrected chi connectivity index (χ1v) is 9.00. The third-order valence-electron chi connectivity index (χ3n) is 4.85. The van der Waals surface area contributed by atoms with Gasteiger partial charge >= 0.3 is 0 Å². The Kier molecular flexibility index (Phi) is 3.90. The number of H-pyrrole nitrogens is 1. The molecule has 136 valence electrons. The molecule has 0 fully saturated rings. The predicted octanol–water partition coefficient (Wildman–Crippen LogP) is 3.64. The zero-order valence-corrected chi connectivity index (χ0v) is 15.2. The van der Waals surface area contributed by atoms with E-state index in [0.717, 1.165) is 40.2 Å². The first-order chi connectivity index (χ1) is 13.8. The second-order valence-electron chi connectivity index (χ2n) is 6.58. The van der Waals surface area contributed by atoms with Crippen LogP contribution in [0, 0.1) is 6.92 Å². The summed E-state index contributed by atoms with van der Waals surface area (Å²) >= 11 is 0. The van der Waals surface area contributed by atoms with Crippen LogP contribution in [0.5, 0.6) is 0 Å². The molecule has 0 unspecified atom stereocenters. The molecule has 0 amide bonds. The van der Waals surface area contributed by atoms with Crippen LogP contribution in [0.25, 0.3) is 33.7 Å². The van der Waals surface area contributed by atoms with Crippen molar-refractivity contribution in [1.29, 1.82) is 0 Å². The van der Waals surface area contributed by atoms with E-state index < -0.39 is 0 Å². The maximum absolute atomic E-state index is 4.54. The summed E-state index contributed by atoms with van der Waals surface area (Å²) in [4.78, 5) is 8.89. The number of hydrogen-bond donors (Lipinski definition) is 1. The molecule has 2 aromatic carbocycles. The van der Waals surface area contributed by atoms with E-state index in [2.05, 4.69) is 71.6 Å². The number of aryl methyl sites for hydroxylation is 1. The van der Waals surface area contributed by atoms with Gasteiger partial charge in [-0.25, -0.2) is 15.1 Å². The van der Waals surface area contributed by atoms with Crippen molar-refractivity contribution in [3.63, 3.8) is 0 Å². The van der Waals surface area contributed by atoms with E-state index in [4.69, 9.17) is 0 Å². The highest BCUT2D eigenvalue weighted by molar-refractivity contribution is 5.80. The summed E-state index contributed by atoms with van der Waals surface area (Å²) in [7, 11) is 0. The Hall–Kier alpha value is -3.87. The van der Waals surface area contributed by atoms with Crippen LogP contribution in [-0.4, -0.2) is 35.2 Å². The predicted molar refractivity (Wildman–Crippen MR) is 106 cm³/mol. The second kappa shape index (κ2) is 6.70. The fourth-order valence-corrected chi connectivity index (χ4v) is 3.46. The molecule has 0 saturated carbocycles. The van der Waals surface area contributed by atoms with E-state index in [9.17, 15) is 0 Å². The lowest BCUT2D eigenvalue weighted by atomic mass is 9.98. The van der Waals surface area contributed by atoms with E-state index in [1.165, 1.54) is 5.56 Å². The third kappa shape index (κ3) is 2.83. The SMILES string of the molecule is Cc1nc2ncccc2n1Cc1ccc(-c2ccccc2-c2nnn[nH]2)cc1. The molecule has 5 rings (SSSR count). The molecular formula is C21H17N7. The van der Waals surface area contributed by atoms with E-state index in [1.807, 2.05) is 31.2 Å². The number of nitrogens with zero attached hydrogens (tertiary/aromatic N) is 6. The van der Waals surface area contributed by atoms with Gasteiger partial charge in [0.2, 0.25) is 0 Å². The van der Waals surface area contributed by atoms with Gasteiger partial charge in [-0.1, -0.05) is 48.5 Å². The van der Waals surface area contributed by atoms with Crippen LogP contribution in [0.2, 0.25) is 0 Å². The first-order valence-electron chi connectivity index (χ1n) is 9.00. The van der Waals surface area contributed by atoms with Crippen molar-refractivity contribution < 1.29 is 0 Å². The summed E-state index contributed by atoms with van der Waals surface area (Å²) in [5.74, 6) is 1.62. The summed E-state index contributed by atoms with van der Waals surface area (Å²) in [5.41, 5.74) is 6.21. The van der Waals surface area contributed by atoms with Crippen LogP contribution in [0.3, 0.4) is 0 Å². The quantitative estimate of drug-likeness (QED) is 0.524. The number of imidazole rings is 1. The van der Waals surface area contributed by atoms with Gasteiger partial charge in [-0.05, 0) is 46.2 Å². The van der Waals surface area contributed by atoms with Crippen LogP contribution >= 0.6 is 0 Å². The summed E-state index contributed by atoms with van der Waals surface area (Å²) in [6.07, 6.45) is 1.77. The Morgan fingerprint density at radius 1 is 0.929 bits per heavy atom. The van der Waals surface area contributed by atoms with E-state index in [-0.39, 0.29) is 0 Å². The Morgan fingerprint density at radius 2 is 1.75 bits per heavy atom. The number of nitrogens with one attached hydrogen (secondary N) is 1. The smallest absolute Gasteiger partial charge is 0.180 e. The maximum atomic E-state index is 4.54. The Bertz CT molecular complexity index is 1240. The molecule has 0 atom stereocenters. The summed E-state index contributed by atoms with van der Waals surface area (Å²) in [6.45, 7) is 2.76. The highest BCUT2D eigenvalue weighted by Gasteiger charge is 2.11. The monoisotopic (exact) mass is 367 g/mol. The fraction of sp³-hybridized carbons (Fsp3) is 0.0952. The van der Waals surface area contributed by atoms with Crippen LogP contribution in [0.1, 0.15) is 11.4 Å². The minimum atomic E-state index is 0.660. The fourth-order valence-electron chi connectivity index (χ4n) is 3.46. The number of aromatic nitrogens is 7. The van der Waals surface area contributed by atoms with Crippen LogP contribution in [0.15, 0.2) is 66.9 Å². The molecule has 0 aliphatic carbocycles. The molecule has 7 heteroatoms. The van der Waals surface area contributed by atoms with E-state index >= 15 is 0 Å². The second-order valence-corrected chi connectivity index (χ2v) is 6.58. The third-order valence-corrected chi connectivity index (χ3v) is 4.85. The van der Waals surface area contributed by atoms with Crippen molar-refractivity contribution in [2.75, 3.05) is 0 Å². The minimum Gasteiger partial charge on any atom is -0.322 e. The van der Waals surface area contributed by atoms with Crippen LogP contribution in [-0.2, 0) is 6.54 Å². The molecule has 3 heterocycles. The van der Waals surface area contributed by atoms with Gasteiger partial charge in [-0.15, -0.1) is 5.10 Å². The van der Waals surface area contributed by atoms with Gasteiger partial charge in [-0.2, -0.15) is 0 Å². The molecule has 0 radical (unpaired) electrons. The molecule has 28 heavy (non-hydrogen) atoms. The average Bonchev–Trinajstić information content (AvgIpc) is 3.37. The molecule has 0 saturated heterocycles. The molecule has 3 aromatic heterocycles. The number of benzene rings is 2.